The van der Waals surface area contributed by atoms with Gasteiger partial charge in [0.2, 0.25) is 6.79 Å². The Bertz CT molecular complexity index is 680. The molecular weight excluding hydrogens is 290 g/mol. The number of anilines is 1. The maximum absolute atomic E-state index is 12.2. The molecule has 0 amide bonds. The number of fused-ring (bicyclic) bond motifs is 1. The Labute approximate surface area is 126 Å². The fraction of sp³-hybridized carbons (Fsp3) is 0.267. The average Bonchev–Trinajstić information content (AvgIpc) is 3.10. The van der Waals surface area contributed by atoms with Crippen LogP contribution in [0.3, 0.4) is 0 Å². The summed E-state index contributed by atoms with van der Waals surface area (Å²) in [5.41, 5.74) is 7.97. The molecule has 110 valence electrons. The first-order valence-corrected chi connectivity index (χ1v) is 7.52. The van der Waals surface area contributed by atoms with Crippen LogP contribution in [-0.2, 0) is 4.74 Å². The van der Waals surface area contributed by atoms with E-state index in [4.69, 9.17) is 19.9 Å². The number of ether oxygens (including phenoxy) is 3. The van der Waals surface area contributed by atoms with Crippen molar-refractivity contribution < 1.29 is 19.0 Å². The van der Waals surface area contributed by atoms with Crippen molar-refractivity contribution in [2.75, 3.05) is 19.1 Å². The van der Waals surface area contributed by atoms with Gasteiger partial charge in [0.15, 0.2) is 11.5 Å². The Hall–Kier alpha value is -2.21. The number of carbonyl (C=O) groups is 1. The van der Waals surface area contributed by atoms with E-state index in [0.717, 1.165) is 17.5 Å². The Kier molecular flexibility index (Phi) is 3.70. The monoisotopic (exact) mass is 305 g/mol. The van der Waals surface area contributed by atoms with Crippen LogP contribution in [0.1, 0.15) is 23.7 Å². The molecule has 21 heavy (non-hydrogen) atoms. The summed E-state index contributed by atoms with van der Waals surface area (Å²) in [5, 5.41) is 2.32. The van der Waals surface area contributed by atoms with E-state index in [-0.39, 0.29) is 12.8 Å². The number of benzene rings is 1. The van der Waals surface area contributed by atoms with Gasteiger partial charge >= 0.3 is 5.97 Å². The van der Waals surface area contributed by atoms with Crippen LogP contribution in [-0.4, -0.2) is 19.4 Å². The Morgan fingerprint density at radius 1 is 1.38 bits per heavy atom. The third-order valence-electron chi connectivity index (χ3n) is 3.14. The molecule has 0 spiro atoms. The maximum Gasteiger partial charge on any atom is 0.341 e. The van der Waals surface area contributed by atoms with E-state index in [9.17, 15) is 4.79 Å². The van der Waals surface area contributed by atoms with E-state index in [1.807, 2.05) is 30.5 Å². The molecule has 0 aliphatic carbocycles. The molecule has 0 saturated carbocycles. The third kappa shape index (κ3) is 2.54. The van der Waals surface area contributed by atoms with Crippen LogP contribution in [0.5, 0.6) is 11.5 Å². The molecule has 1 aromatic heterocycles. The highest BCUT2D eigenvalue weighted by Gasteiger charge is 2.22. The average molecular weight is 305 g/mol. The van der Waals surface area contributed by atoms with Gasteiger partial charge < -0.3 is 19.9 Å². The summed E-state index contributed by atoms with van der Waals surface area (Å²) in [4.78, 5) is 12.2. The van der Waals surface area contributed by atoms with Crippen molar-refractivity contribution >= 4 is 22.3 Å². The Morgan fingerprint density at radius 2 is 2.19 bits per heavy atom. The second-order valence-electron chi connectivity index (χ2n) is 4.59. The zero-order valence-corrected chi connectivity index (χ0v) is 12.4. The minimum atomic E-state index is -0.386. The highest BCUT2D eigenvalue weighted by Crippen LogP contribution is 2.40. The third-order valence-corrected chi connectivity index (χ3v) is 3.96. The standard InChI is InChI=1S/C15H15NO4S/c1-2-5-18-15(17)13-10(7-21-14(13)16)9-3-4-11-12(6-9)20-8-19-11/h3-4,6-7H,2,5,8,16H2,1H3. The molecule has 0 unspecified atom stereocenters. The molecule has 1 aliphatic rings. The van der Waals surface area contributed by atoms with Crippen molar-refractivity contribution in [3.05, 3.63) is 29.1 Å². The summed E-state index contributed by atoms with van der Waals surface area (Å²) in [6, 6.07) is 5.55. The van der Waals surface area contributed by atoms with Gasteiger partial charge in [0.05, 0.1) is 6.61 Å². The van der Waals surface area contributed by atoms with Gasteiger partial charge in [-0.3, -0.25) is 0 Å². The Morgan fingerprint density at radius 3 is 3.00 bits per heavy atom. The zero-order valence-electron chi connectivity index (χ0n) is 11.5. The first kappa shape index (κ1) is 13.8. The van der Waals surface area contributed by atoms with Crippen molar-refractivity contribution in [1.29, 1.82) is 0 Å². The summed E-state index contributed by atoms with van der Waals surface area (Å²) in [6.07, 6.45) is 0.773. The van der Waals surface area contributed by atoms with E-state index in [2.05, 4.69) is 0 Å². The molecule has 3 rings (SSSR count). The summed E-state index contributed by atoms with van der Waals surface area (Å²) in [6.45, 7) is 2.55. The van der Waals surface area contributed by atoms with Crippen LogP contribution in [0.2, 0.25) is 0 Å². The molecule has 0 bridgehead atoms. The first-order chi connectivity index (χ1) is 10.2. The minimum absolute atomic E-state index is 0.218. The van der Waals surface area contributed by atoms with Crippen LogP contribution in [0.25, 0.3) is 11.1 Å². The van der Waals surface area contributed by atoms with E-state index in [1.165, 1.54) is 11.3 Å². The van der Waals surface area contributed by atoms with Crippen LogP contribution in [0.4, 0.5) is 5.00 Å². The van der Waals surface area contributed by atoms with Gasteiger partial charge in [-0.05, 0) is 24.1 Å². The van der Waals surface area contributed by atoms with Crippen LogP contribution in [0.15, 0.2) is 23.6 Å². The summed E-state index contributed by atoms with van der Waals surface area (Å²) < 4.78 is 15.9. The molecule has 0 fully saturated rings. The number of esters is 1. The van der Waals surface area contributed by atoms with Gasteiger partial charge in [-0.2, -0.15) is 0 Å². The van der Waals surface area contributed by atoms with Gasteiger partial charge in [-0.1, -0.05) is 13.0 Å². The summed E-state index contributed by atoms with van der Waals surface area (Å²) in [7, 11) is 0. The topological polar surface area (TPSA) is 70.8 Å². The van der Waals surface area contributed by atoms with E-state index in [0.29, 0.717) is 28.7 Å². The smallest absolute Gasteiger partial charge is 0.341 e. The fourth-order valence-electron chi connectivity index (χ4n) is 2.13. The number of hydrogen-bond donors (Lipinski definition) is 1. The molecule has 2 aromatic rings. The molecule has 6 heteroatoms. The first-order valence-electron chi connectivity index (χ1n) is 6.64. The van der Waals surface area contributed by atoms with Crippen molar-refractivity contribution in [3.63, 3.8) is 0 Å². The molecule has 1 aromatic carbocycles. The van der Waals surface area contributed by atoms with Crippen molar-refractivity contribution in [2.24, 2.45) is 0 Å². The van der Waals surface area contributed by atoms with Crippen LogP contribution in [0, 0.1) is 0 Å². The zero-order chi connectivity index (χ0) is 14.8. The van der Waals surface area contributed by atoms with Gasteiger partial charge in [-0.25, -0.2) is 4.79 Å². The number of nitrogen functional groups attached to an aromatic ring is 1. The molecular formula is C15H15NO4S. The lowest BCUT2D eigenvalue weighted by Gasteiger charge is -2.07. The molecule has 5 nitrogen and oxygen atoms in total. The van der Waals surface area contributed by atoms with E-state index < -0.39 is 0 Å². The minimum Gasteiger partial charge on any atom is -0.462 e. The van der Waals surface area contributed by atoms with Gasteiger partial charge in [0.1, 0.15) is 10.6 Å². The molecule has 1 aliphatic heterocycles. The number of rotatable bonds is 4. The lowest BCUT2D eigenvalue weighted by molar-refractivity contribution is 0.0508. The second kappa shape index (κ2) is 5.65. The van der Waals surface area contributed by atoms with Crippen molar-refractivity contribution in [2.45, 2.75) is 13.3 Å². The van der Waals surface area contributed by atoms with Gasteiger partial charge in [-0.15, -0.1) is 11.3 Å². The normalized spacial score (nSPS) is 12.4. The largest absolute Gasteiger partial charge is 0.462 e. The van der Waals surface area contributed by atoms with Gasteiger partial charge in [0, 0.05) is 10.9 Å². The lowest BCUT2D eigenvalue weighted by Crippen LogP contribution is -2.08. The number of hydrogen-bond acceptors (Lipinski definition) is 6. The van der Waals surface area contributed by atoms with Gasteiger partial charge in [0.25, 0.3) is 0 Å². The highest BCUT2D eigenvalue weighted by molar-refractivity contribution is 7.14. The predicted molar refractivity (Wildman–Crippen MR) is 80.9 cm³/mol. The maximum atomic E-state index is 12.2. The van der Waals surface area contributed by atoms with Crippen LogP contribution >= 0.6 is 11.3 Å². The number of thiophene rings is 1. The fourth-order valence-corrected chi connectivity index (χ4v) is 2.94. The van der Waals surface area contributed by atoms with Crippen LogP contribution < -0.4 is 15.2 Å². The van der Waals surface area contributed by atoms with Crippen molar-refractivity contribution in [3.8, 4) is 22.6 Å². The molecule has 0 saturated heterocycles. The highest BCUT2D eigenvalue weighted by atomic mass is 32.1. The number of carbonyl (C=O) groups excluding carboxylic acids is 1. The Balaban J connectivity index is 1.97. The van der Waals surface area contributed by atoms with E-state index in [1.54, 1.807) is 0 Å². The lowest BCUT2D eigenvalue weighted by atomic mass is 10.0. The van der Waals surface area contributed by atoms with E-state index >= 15 is 0 Å². The quantitative estimate of drug-likeness (QED) is 0.878. The molecule has 0 radical (unpaired) electrons. The molecule has 0 atom stereocenters. The molecule has 2 N–H and O–H groups in total. The SMILES string of the molecule is CCCOC(=O)c1c(-c2ccc3c(c2)OCO3)csc1N. The second-order valence-corrected chi connectivity index (χ2v) is 5.50. The van der Waals surface area contributed by atoms with Crippen molar-refractivity contribution in [1.82, 2.24) is 0 Å². The summed E-state index contributed by atoms with van der Waals surface area (Å²) in [5.74, 6) is 0.991. The predicted octanol–water partition coefficient (Wildman–Crippen LogP) is 3.29. The number of nitrogens with two attached hydrogens (primary N) is 1. The molecule has 2 heterocycles. The summed E-state index contributed by atoms with van der Waals surface area (Å²) >= 11 is 1.33.